The van der Waals surface area contributed by atoms with Gasteiger partial charge >= 0.3 is 0 Å². The number of benzene rings is 2. The van der Waals surface area contributed by atoms with Crippen molar-refractivity contribution in [1.29, 1.82) is 0 Å². The highest BCUT2D eigenvalue weighted by Gasteiger charge is 2.20. The second-order valence-electron chi connectivity index (χ2n) is 5.59. The molecule has 0 heterocycles. The summed E-state index contributed by atoms with van der Waals surface area (Å²) in [4.78, 5) is 12.0. The van der Waals surface area contributed by atoms with Gasteiger partial charge < -0.3 is 5.32 Å². The molecule has 6 nitrogen and oxygen atoms in total. The van der Waals surface area contributed by atoms with Crippen molar-refractivity contribution in [2.24, 2.45) is 0 Å². The van der Waals surface area contributed by atoms with E-state index in [4.69, 9.17) is 23.2 Å². The summed E-state index contributed by atoms with van der Waals surface area (Å²) in [5.41, 5.74) is 0.382. The van der Waals surface area contributed by atoms with E-state index in [1.165, 1.54) is 25.2 Å². The zero-order valence-corrected chi connectivity index (χ0v) is 16.7. The molecule has 0 aromatic heterocycles. The first-order chi connectivity index (χ1) is 12.7. The molecule has 2 aromatic rings. The van der Waals surface area contributed by atoms with Gasteiger partial charge in [0.1, 0.15) is 5.82 Å². The van der Waals surface area contributed by atoms with Gasteiger partial charge in [0.25, 0.3) is 16.1 Å². The smallest absolute Gasteiger partial charge is 0.279 e. The molecule has 0 radical (unpaired) electrons. The zero-order valence-electron chi connectivity index (χ0n) is 14.4. The van der Waals surface area contributed by atoms with Crippen molar-refractivity contribution in [1.82, 2.24) is 14.3 Å². The van der Waals surface area contributed by atoms with E-state index in [2.05, 4.69) is 10.0 Å². The molecule has 0 atom stereocenters. The molecule has 0 saturated carbocycles. The minimum absolute atomic E-state index is 0.0477. The molecule has 0 aliphatic carbocycles. The fraction of sp³-hybridized carbons (Fsp3) is 0.235. The van der Waals surface area contributed by atoms with Crippen LogP contribution >= 0.6 is 23.2 Å². The molecule has 0 unspecified atom stereocenters. The first-order valence-corrected chi connectivity index (χ1v) is 10.1. The van der Waals surface area contributed by atoms with E-state index in [0.717, 1.165) is 4.31 Å². The van der Waals surface area contributed by atoms with Crippen LogP contribution < -0.4 is 10.0 Å². The molecule has 0 spiro atoms. The lowest BCUT2D eigenvalue weighted by Crippen LogP contribution is -2.41. The SMILES string of the molecule is CN(Cc1c(F)cccc1Cl)S(=O)(=O)NCCNC(=O)c1ccccc1Cl. The van der Waals surface area contributed by atoms with Gasteiger partial charge in [-0.1, -0.05) is 41.4 Å². The highest BCUT2D eigenvalue weighted by atomic mass is 35.5. The average Bonchev–Trinajstić information content (AvgIpc) is 2.62. The van der Waals surface area contributed by atoms with Gasteiger partial charge in [-0.05, 0) is 24.3 Å². The topological polar surface area (TPSA) is 78.5 Å². The number of hydrogen-bond acceptors (Lipinski definition) is 3. The predicted octanol–water partition coefficient (Wildman–Crippen LogP) is 2.83. The molecule has 0 aliphatic rings. The molecule has 146 valence electrons. The maximum atomic E-state index is 13.8. The normalized spacial score (nSPS) is 11.6. The fourth-order valence-electron chi connectivity index (χ4n) is 2.20. The Kier molecular flexibility index (Phi) is 7.58. The van der Waals surface area contributed by atoms with E-state index in [0.29, 0.717) is 10.6 Å². The van der Waals surface area contributed by atoms with Crippen molar-refractivity contribution in [3.05, 3.63) is 69.5 Å². The lowest BCUT2D eigenvalue weighted by atomic mass is 10.2. The van der Waals surface area contributed by atoms with E-state index in [-0.39, 0.29) is 30.2 Å². The molecule has 2 N–H and O–H groups in total. The van der Waals surface area contributed by atoms with Crippen LogP contribution in [0.4, 0.5) is 4.39 Å². The molecule has 1 amide bonds. The van der Waals surface area contributed by atoms with E-state index in [1.807, 2.05) is 0 Å². The number of rotatable bonds is 8. The maximum absolute atomic E-state index is 13.8. The molecule has 2 aromatic carbocycles. The van der Waals surface area contributed by atoms with Gasteiger partial charge in [-0.25, -0.2) is 9.11 Å². The van der Waals surface area contributed by atoms with Crippen molar-refractivity contribution >= 4 is 39.3 Å². The fourth-order valence-corrected chi connectivity index (χ4v) is 3.52. The van der Waals surface area contributed by atoms with Crippen molar-refractivity contribution in [2.75, 3.05) is 20.1 Å². The van der Waals surface area contributed by atoms with Crippen LogP contribution in [0.5, 0.6) is 0 Å². The first kappa shape index (κ1) is 21.6. The number of hydrogen-bond donors (Lipinski definition) is 2. The van der Waals surface area contributed by atoms with Gasteiger partial charge in [0.15, 0.2) is 0 Å². The van der Waals surface area contributed by atoms with Crippen LogP contribution in [-0.4, -0.2) is 38.8 Å². The minimum atomic E-state index is -3.88. The van der Waals surface area contributed by atoms with E-state index >= 15 is 0 Å². The summed E-state index contributed by atoms with van der Waals surface area (Å²) in [5.74, 6) is -0.997. The Balaban J connectivity index is 1.87. The van der Waals surface area contributed by atoms with Crippen molar-refractivity contribution < 1.29 is 17.6 Å². The predicted molar refractivity (Wildman–Crippen MR) is 104 cm³/mol. The third kappa shape index (κ3) is 5.88. The number of carbonyl (C=O) groups is 1. The van der Waals surface area contributed by atoms with E-state index in [9.17, 15) is 17.6 Å². The van der Waals surface area contributed by atoms with Crippen LogP contribution in [0.25, 0.3) is 0 Å². The molecular weight excluding hydrogens is 416 g/mol. The molecule has 0 saturated heterocycles. The zero-order chi connectivity index (χ0) is 20.0. The average molecular weight is 434 g/mol. The Morgan fingerprint density at radius 2 is 1.74 bits per heavy atom. The molecule has 27 heavy (non-hydrogen) atoms. The van der Waals surface area contributed by atoms with E-state index < -0.39 is 21.9 Å². The monoisotopic (exact) mass is 433 g/mol. The summed E-state index contributed by atoms with van der Waals surface area (Å²) >= 11 is 11.8. The lowest BCUT2D eigenvalue weighted by Gasteiger charge is -2.19. The standard InChI is InChI=1S/C17H18Cl2FN3O3S/c1-23(11-13-15(19)7-4-8-16(13)20)27(25,26)22-10-9-21-17(24)12-5-2-3-6-14(12)18/h2-8,22H,9-11H2,1H3,(H,21,24). The minimum Gasteiger partial charge on any atom is -0.351 e. The Morgan fingerprint density at radius 3 is 2.41 bits per heavy atom. The number of halogens is 3. The van der Waals surface area contributed by atoms with Crippen LogP contribution in [0, 0.1) is 5.82 Å². The first-order valence-electron chi connectivity index (χ1n) is 7.89. The largest absolute Gasteiger partial charge is 0.351 e. The summed E-state index contributed by atoms with van der Waals surface area (Å²) in [6.07, 6.45) is 0. The van der Waals surface area contributed by atoms with Crippen molar-refractivity contribution in [3.63, 3.8) is 0 Å². The third-order valence-electron chi connectivity index (χ3n) is 3.67. The van der Waals surface area contributed by atoms with Crippen LogP contribution in [-0.2, 0) is 16.8 Å². The molecular formula is C17H18Cl2FN3O3S. The van der Waals surface area contributed by atoms with Gasteiger partial charge in [-0.15, -0.1) is 0 Å². The quantitative estimate of drug-likeness (QED) is 0.628. The van der Waals surface area contributed by atoms with Crippen molar-refractivity contribution in [2.45, 2.75) is 6.54 Å². The maximum Gasteiger partial charge on any atom is 0.279 e. The van der Waals surface area contributed by atoms with Crippen LogP contribution in [0.2, 0.25) is 10.0 Å². The van der Waals surface area contributed by atoms with Crippen molar-refractivity contribution in [3.8, 4) is 0 Å². The summed E-state index contributed by atoms with van der Waals surface area (Å²) in [6, 6.07) is 10.7. The molecule has 2 rings (SSSR count). The van der Waals surface area contributed by atoms with Crippen LogP contribution in [0.1, 0.15) is 15.9 Å². The summed E-state index contributed by atoms with van der Waals surface area (Å²) in [5, 5.41) is 3.01. The summed E-state index contributed by atoms with van der Waals surface area (Å²) in [7, 11) is -2.58. The third-order valence-corrected chi connectivity index (χ3v) is 5.87. The van der Waals surface area contributed by atoms with Gasteiger partial charge in [-0.3, -0.25) is 4.79 Å². The summed E-state index contributed by atoms with van der Waals surface area (Å²) in [6.45, 7) is -0.224. The Morgan fingerprint density at radius 1 is 1.07 bits per heavy atom. The number of nitrogens with one attached hydrogen (secondary N) is 2. The highest BCUT2D eigenvalue weighted by molar-refractivity contribution is 7.87. The summed E-state index contributed by atoms with van der Waals surface area (Å²) < 4.78 is 41.5. The highest BCUT2D eigenvalue weighted by Crippen LogP contribution is 2.21. The molecule has 10 heteroatoms. The van der Waals surface area contributed by atoms with Gasteiger partial charge in [0.05, 0.1) is 10.6 Å². The molecule has 0 bridgehead atoms. The Bertz CT molecular complexity index is 905. The van der Waals surface area contributed by atoms with Gasteiger partial charge in [0.2, 0.25) is 0 Å². The molecule has 0 fully saturated rings. The number of nitrogens with zero attached hydrogens (tertiary/aromatic N) is 1. The van der Waals surface area contributed by atoms with Crippen LogP contribution in [0.15, 0.2) is 42.5 Å². The Labute approximate surface area is 167 Å². The number of carbonyl (C=O) groups excluding carboxylic acids is 1. The lowest BCUT2D eigenvalue weighted by molar-refractivity contribution is 0.0954. The second-order valence-corrected chi connectivity index (χ2v) is 8.27. The van der Waals surface area contributed by atoms with Gasteiger partial charge in [0, 0.05) is 37.3 Å². The van der Waals surface area contributed by atoms with Gasteiger partial charge in [-0.2, -0.15) is 12.7 Å². The van der Waals surface area contributed by atoms with Crippen LogP contribution in [0.3, 0.4) is 0 Å². The second kappa shape index (κ2) is 9.48. The number of amides is 1. The van der Waals surface area contributed by atoms with E-state index in [1.54, 1.807) is 24.3 Å². The molecule has 0 aliphatic heterocycles. The Hall–Kier alpha value is -1.71.